The SMILES string of the molecule is Cc1ccc(-n2c(C)cc(C(=O)CN(Cc3ccco3)S(=O)(=O)c3ccccc3F)c2C)cc1C. The Morgan fingerprint density at radius 3 is 2.37 bits per heavy atom. The number of Topliss-reactive ketones (excluding diaryl/α,β-unsaturated/α-hetero) is 1. The summed E-state index contributed by atoms with van der Waals surface area (Å²) in [5.41, 5.74) is 5.19. The summed E-state index contributed by atoms with van der Waals surface area (Å²) in [6, 6.07) is 16.2. The average molecular weight is 495 g/mol. The summed E-state index contributed by atoms with van der Waals surface area (Å²) in [6.07, 6.45) is 1.42. The van der Waals surface area contributed by atoms with Crippen LogP contribution >= 0.6 is 0 Å². The molecule has 0 saturated heterocycles. The molecule has 0 spiro atoms. The van der Waals surface area contributed by atoms with Crippen LogP contribution in [-0.4, -0.2) is 29.6 Å². The van der Waals surface area contributed by atoms with E-state index in [9.17, 15) is 17.6 Å². The van der Waals surface area contributed by atoms with Gasteiger partial charge in [-0.2, -0.15) is 4.31 Å². The lowest BCUT2D eigenvalue weighted by atomic mass is 10.1. The molecule has 6 nitrogen and oxygen atoms in total. The number of furan rings is 1. The summed E-state index contributed by atoms with van der Waals surface area (Å²) < 4.78 is 49.4. The predicted molar refractivity (Wildman–Crippen MR) is 132 cm³/mol. The summed E-state index contributed by atoms with van der Waals surface area (Å²) >= 11 is 0. The normalized spacial score (nSPS) is 11.8. The maximum absolute atomic E-state index is 14.4. The fourth-order valence-electron chi connectivity index (χ4n) is 4.15. The van der Waals surface area contributed by atoms with Crippen molar-refractivity contribution in [1.82, 2.24) is 8.87 Å². The molecule has 182 valence electrons. The van der Waals surface area contributed by atoms with Gasteiger partial charge in [-0.25, -0.2) is 12.8 Å². The van der Waals surface area contributed by atoms with Gasteiger partial charge < -0.3 is 8.98 Å². The lowest BCUT2D eigenvalue weighted by Gasteiger charge is -2.21. The van der Waals surface area contributed by atoms with E-state index < -0.39 is 27.3 Å². The summed E-state index contributed by atoms with van der Waals surface area (Å²) in [5, 5.41) is 0. The highest BCUT2D eigenvalue weighted by atomic mass is 32.2. The summed E-state index contributed by atoms with van der Waals surface area (Å²) in [4.78, 5) is 13.0. The van der Waals surface area contributed by atoms with Gasteiger partial charge in [0.05, 0.1) is 19.4 Å². The van der Waals surface area contributed by atoms with E-state index in [0.29, 0.717) is 17.0 Å². The van der Waals surface area contributed by atoms with E-state index >= 15 is 0 Å². The first kappa shape index (κ1) is 24.6. The molecule has 0 saturated carbocycles. The second-order valence-corrected chi connectivity index (χ2v) is 10.5. The van der Waals surface area contributed by atoms with Crippen LogP contribution in [0.4, 0.5) is 4.39 Å². The molecule has 0 radical (unpaired) electrons. The first-order valence-electron chi connectivity index (χ1n) is 11.2. The van der Waals surface area contributed by atoms with Gasteiger partial charge in [0.15, 0.2) is 5.78 Å². The monoisotopic (exact) mass is 494 g/mol. The Kier molecular flexibility index (Phi) is 6.78. The van der Waals surface area contributed by atoms with Crippen LogP contribution in [0.15, 0.2) is 76.2 Å². The zero-order chi connectivity index (χ0) is 25.3. The highest BCUT2D eigenvalue weighted by Gasteiger charge is 2.31. The first-order chi connectivity index (χ1) is 16.6. The number of rotatable bonds is 8. The van der Waals surface area contributed by atoms with Crippen molar-refractivity contribution in [3.05, 3.63) is 107 Å². The molecule has 4 rings (SSSR count). The molecular formula is C27H27FN2O4S. The van der Waals surface area contributed by atoms with Crippen LogP contribution in [-0.2, 0) is 16.6 Å². The number of hydrogen-bond acceptors (Lipinski definition) is 4. The van der Waals surface area contributed by atoms with E-state index in [1.54, 1.807) is 18.2 Å². The van der Waals surface area contributed by atoms with Gasteiger partial charge in [-0.05, 0) is 81.3 Å². The standard InChI is InChI=1S/C27H27FN2O4S/c1-18-11-12-22(14-19(18)2)30-20(3)15-24(21(30)4)26(31)17-29(16-23-8-7-13-34-23)35(32,33)27-10-6-5-9-25(27)28/h5-15H,16-17H2,1-4H3. The number of benzene rings is 2. The number of ketones is 1. The van der Waals surface area contributed by atoms with Crippen molar-refractivity contribution in [3.8, 4) is 5.69 Å². The fourth-order valence-corrected chi connectivity index (χ4v) is 5.58. The summed E-state index contributed by atoms with van der Waals surface area (Å²) in [6.45, 7) is 7.12. The lowest BCUT2D eigenvalue weighted by Crippen LogP contribution is -2.35. The average Bonchev–Trinajstić information content (AvgIpc) is 3.43. The van der Waals surface area contributed by atoms with Crippen LogP contribution in [0.5, 0.6) is 0 Å². The molecule has 8 heteroatoms. The molecule has 0 aliphatic heterocycles. The number of hydrogen-bond donors (Lipinski definition) is 0. The minimum atomic E-state index is -4.32. The zero-order valence-corrected chi connectivity index (χ0v) is 20.9. The van der Waals surface area contributed by atoms with Crippen molar-refractivity contribution in [3.63, 3.8) is 0 Å². The Morgan fingerprint density at radius 2 is 1.71 bits per heavy atom. The number of carbonyl (C=O) groups excluding carboxylic acids is 1. The molecule has 35 heavy (non-hydrogen) atoms. The van der Waals surface area contributed by atoms with Gasteiger partial charge in [0.1, 0.15) is 16.5 Å². The minimum Gasteiger partial charge on any atom is -0.468 e. The molecule has 0 aliphatic carbocycles. The Hall–Kier alpha value is -3.49. The van der Waals surface area contributed by atoms with E-state index in [0.717, 1.165) is 27.3 Å². The molecule has 0 N–H and O–H groups in total. The van der Waals surface area contributed by atoms with Crippen LogP contribution in [0, 0.1) is 33.5 Å². The molecule has 2 aromatic heterocycles. The number of nitrogens with zero attached hydrogens (tertiary/aromatic N) is 2. The van der Waals surface area contributed by atoms with Gasteiger partial charge in [0.25, 0.3) is 0 Å². The number of sulfonamides is 1. The van der Waals surface area contributed by atoms with E-state index in [2.05, 4.69) is 6.07 Å². The Bertz CT molecular complexity index is 1490. The number of halogens is 1. The van der Waals surface area contributed by atoms with E-state index in [1.165, 1.54) is 30.0 Å². The van der Waals surface area contributed by atoms with Crippen molar-refractivity contribution < 1.29 is 22.0 Å². The van der Waals surface area contributed by atoms with Crippen molar-refractivity contribution in [2.75, 3.05) is 6.54 Å². The van der Waals surface area contributed by atoms with Crippen molar-refractivity contribution in [2.24, 2.45) is 0 Å². The van der Waals surface area contributed by atoms with Crippen molar-refractivity contribution in [1.29, 1.82) is 0 Å². The lowest BCUT2D eigenvalue weighted by molar-refractivity contribution is 0.0962. The minimum absolute atomic E-state index is 0.203. The molecule has 0 fully saturated rings. The zero-order valence-electron chi connectivity index (χ0n) is 20.1. The van der Waals surface area contributed by atoms with Gasteiger partial charge in [0, 0.05) is 22.6 Å². The first-order valence-corrected chi connectivity index (χ1v) is 12.6. The third-order valence-corrected chi connectivity index (χ3v) is 7.99. The number of aryl methyl sites for hydroxylation is 3. The quantitative estimate of drug-likeness (QED) is 0.303. The van der Waals surface area contributed by atoms with Crippen LogP contribution in [0.1, 0.15) is 38.6 Å². The van der Waals surface area contributed by atoms with Crippen LogP contribution in [0.25, 0.3) is 5.69 Å². The van der Waals surface area contributed by atoms with Gasteiger partial charge in [-0.1, -0.05) is 18.2 Å². The van der Waals surface area contributed by atoms with Crippen LogP contribution < -0.4 is 0 Å². The third-order valence-electron chi connectivity index (χ3n) is 6.17. The molecular weight excluding hydrogens is 467 g/mol. The highest BCUT2D eigenvalue weighted by molar-refractivity contribution is 7.89. The Labute approximate surface area is 204 Å². The van der Waals surface area contributed by atoms with E-state index in [1.807, 2.05) is 44.4 Å². The molecule has 0 atom stereocenters. The number of carbonyl (C=O) groups is 1. The number of aromatic nitrogens is 1. The molecule has 0 amide bonds. The maximum Gasteiger partial charge on any atom is 0.246 e. The molecule has 0 unspecified atom stereocenters. The second kappa shape index (κ2) is 9.64. The van der Waals surface area contributed by atoms with Gasteiger partial charge in [-0.3, -0.25) is 4.79 Å². The molecule has 0 bridgehead atoms. The van der Waals surface area contributed by atoms with Gasteiger partial charge in [0.2, 0.25) is 10.0 Å². The summed E-state index contributed by atoms with van der Waals surface area (Å²) in [7, 11) is -4.32. The van der Waals surface area contributed by atoms with E-state index in [-0.39, 0.29) is 12.3 Å². The highest BCUT2D eigenvalue weighted by Crippen LogP contribution is 2.26. The van der Waals surface area contributed by atoms with Crippen molar-refractivity contribution in [2.45, 2.75) is 39.1 Å². The maximum atomic E-state index is 14.4. The molecule has 2 heterocycles. The smallest absolute Gasteiger partial charge is 0.246 e. The predicted octanol–water partition coefficient (Wildman–Crippen LogP) is 5.52. The van der Waals surface area contributed by atoms with Gasteiger partial charge >= 0.3 is 0 Å². The largest absolute Gasteiger partial charge is 0.468 e. The Morgan fingerprint density at radius 1 is 0.971 bits per heavy atom. The third kappa shape index (κ3) is 4.85. The van der Waals surface area contributed by atoms with E-state index in [4.69, 9.17) is 4.42 Å². The van der Waals surface area contributed by atoms with Crippen molar-refractivity contribution >= 4 is 15.8 Å². The van der Waals surface area contributed by atoms with Gasteiger partial charge in [-0.15, -0.1) is 0 Å². The summed E-state index contributed by atoms with van der Waals surface area (Å²) in [5.74, 6) is -0.921. The van der Waals surface area contributed by atoms with Crippen LogP contribution in [0.2, 0.25) is 0 Å². The molecule has 2 aromatic carbocycles. The fraction of sp³-hybridized carbons (Fsp3) is 0.222. The van der Waals surface area contributed by atoms with Crippen LogP contribution in [0.3, 0.4) is 0 Å². The molecule has 4 aromatic rings. The second-order valence-electron chi connectivity index (χ2n) is 8.59. The molecule has 0 aliphatic rings. The Balaban J connectivity index is 1.71. The topological polar surface area (TPSA) is 72.5 Å².